The van der Waals surface area contributed by atoms with E-state index in [-0.39, 0.29) is 12.5 Å². The van der Waals surface area contributed by atoms with Gasteiger partial charge in [-0.15, -0.1) is 0 Å². The minimum absolute atomic E-state index is 0.229. The number of aliphatic hydroxyl groups is 4. The molecule has 1 aliphatic rings. The van der Waals surface area contributed by atoms with Crippen molar-refractivity contribution in [1.29, 1.82) is 0 Å². The van der Waals surface area contributed by atoms with E-state index in [4.69, 9.17) is 9.47 Å². The molecule has 7 unspecified atom stereocenters. The number of nitrogens with one attached hydrogen (secondary N) is 1. The second-order valence-corrected chi connectivity index (χ2v) is 20.6. The SMILES string of the molecule is CCCCCCCCCCCCCC/C=C\CCCCCCCCCCCC(=O)NC(COC1OC(CO)C(O)C(OS(=O)(=O)O)C1O)C(O)CCCCCCCCCCCCCCCC. The zero-order valence-corrected chi connectivity index (χ0v) is 43.1. The number of aliphatic hydroxyl groups excluding tert-OH is 4. The Morgan fingerprint density at radius 2 is 0.970 bits per heavy atom. The average Bonchev–Trinajstić information content (AvgIpc) is 3.29. The lowest BCUT2D eigenvalue weighted by Gasteiger charge is -2.41. The maximum Gasteiger partial charge on any atom is 0.397 e. The highest BCUT2D eigenvalue weighted by atomic mass is 32.3. The molecule has 392 valence electrons. The lowest BCUT2D eigenvalue weighted by atomic mass is 9.99. The molecular weight excluding hydrogens is 859 g/mol. The normalized spacial score (nSPS) is 20.0. The molecule has 66 heavy (non-hydrogen) atoms. The number of carbonyl (C=O) groups excluding carboxylic acids is 1. The van der Waals surface area contributed by atoms with Crippen molar-refractivity contribution in [3.05, 3.63) is 12.2 Å². The van der Waals surface area contributed by atoms with Gasteiger partial charge in [-0.3, -0.25) is 9.35 Å². The molecule has 0 aliphatic carbocycles. The number of hydrogen-bond acceptors (Lipinski definition) is 10. The van der Waals surface area contributed by atoms with Crippen LogP contribution in [0.5, 0.6) is 0 Å². The molecule has 1 rings (SSSR count). The first kappa shape index (κ1) is 62.9. The quantitative estimate of drug-likeness (QED) is 0.0193. The summed E-state index contributed by atoms with van der Waals surface area (Å²) in [4.78, 5) is 13.1. The van der Waals surface area contributed by atoms with Gasteiger partial charge in [0.2, 0.25) is 5.91 Å². The van der Waals surface area contributed by atoms with Gasteiger partial charge in [-0.1, -0.05) is 231 Å². The molecule has 1 heterocycles. The highest BCUT2D eigenvalue weighted by molar-refractivity contribution is 7.80. The van der Waals surface area contributed by atoms with Gasteiger partial charge in [0.05, 0.1) is 25.4 Å². The van der Waals surface area contributed by atoms with Crippen molar-refractivity contribution in [2.75, 3.05) is 13.2 Å². The number of carbonyl (C=O) groups is 1. The fraction of sp³-hybridized carbons (Fsp3) is 0.943. The van der Waals surface area contributed by atoms with Gasteiger partial charge >= 0.3 is 10.4 Å². The molecule has 1 aliphatic heterocycles. The Labute approximate surface area is 404 Å². The van der Waals surface area contributed by atoms with Crippen molar-refractivity contribution < 1.29 is 51.8 Å². The monoisotopic (exact) mass is 962 g/mol. The van der Waals surface area contributed by atoms with E-state index in [0.29, 0.717) is 12.8 Å². The molecule has 0 aromatic rings. The van der Waals surface area contributed by atoms with Gasteiger partial charge in [0.1, 0.15) is 24.4 Å². The third-order valence-corrected chi connectivity index (χ3v) is 13.8. The summed E-state index contributed by atoms with van der Waals surface area (Å²) < 4.78 is 47.8. The van der Waals surface area contributed by atoms with E-state index in [9.17, 15) is 38.2 Å². The fourth-order valence-corrected chi connectivity index (χ4v) is 9.55. The molecule has 0 bridgehead atoms. The highest BCUT2D eigenvalue weighted by Gasteiger charge is 2.48. The molecule has 6 N–H and O–H groups in total. The van der Waals surface area contributed by atoms with Crippen molar-refractivity contribution in [2.24, 2.45) is 0 Å². The van der Waals surface area contributed by atoms with Crippen LogP contribution in [-0.2, 0) is 28.9 Å². The number of allylic oxidation sites excluding steroid dienone is 2. The second kappa shape index (κ2) is 43.8. The topological polar surface area (TPSA) is 192 Å². The van der Waals surface area contributed by atoms with Crippen LogP contribution >= 0.6 is 0 Å². The summed E-state index contributed by atoms with van der Waals surface area (Å²) in [6.07, 6.45) is 42.2. The summed E-state index contributed by atoms with van der Waals surface area (Å²) in [5, 5.41) is 45.0. The van der Waals surface area contributed by atoms with E-state index in [1.54, 1.807) is 0 Å². The Hall–Kier alpha value is -1.16. The predicted octanol–water partition coefficient (Wildman–Crippen LogP) is 12.3. The van der Waals surface area contributed by atoms with Crippen LogP contribution in [0.15, 0.2) is 12.2 Å². The molecule has 13 heteroatoms. The van der Waals surface area contributed by atoms with E-state index in [0.717, 1.165) is 51.4 Å². The minimum atomic E-state index is -5.08. The first-order valence-electron chi connectivity index (χ1n) is 27.6. The summed E-state index contributed by atoms with van der Waals surface area (Å²) in [5.74, 6) is -0.229. The van der Waals surface area contributed by atoms with Crippen LogP contribution in [0.25, 0.3) is 0 Å². The third-order valence-electron chi connectivity index (χ3n) is 13.3. The van der Waals surface area contributed by atoms with Crippen LogP contribution in [0.3, 0.4) is 0 Å². The molecule has 0 aromatic carbocycles. The molecule has 0 radical (unpaired) electrons. The average molecular weight is 962 g/mol. The van der Waals surface area contributed by atoms with Crippen LogP contribution in [-0.4, -0.2) is 95.4 Å². The standard InChI is InChI=1S/C53H103NO11S/c1-3-5-7-9-11-13-15-17-19-20-21-22-23-24-25-26-27-28-29-31-33-35-37-39-41-43-49(57)54-46(45-63-53-51(59)52(65-66(60,61)62)50(58)48(44-55)64-53)47(56)42-40-38-36-34-32-30-18-16-14-12-10-8-6-4-2/h24-25,46-48,50-53,55-56,58-59H,3-23,26-45H2,1-2H3,(H,54,57)(H,60,61,62)/b25-24-. The lowest BCUT2D eigenvalue weighted by molar-refractivity contribution is -0.298. The van der Waals surface area contributed by atoms with E-state index < -0.39 is 59.9 Å². The first-order chi connectivity index (χ1) is 32.0. The second-order valence-electron chi connectivity index (χ2n) is 19.5. The smallest absolute Gasteiger partial charge is 0.394 e. The van der Waals surface area contributed by atoms with Crippen molar-refractivity contribution in [1.82, 2.24) is 5.32 Å². The maximum atomic E-state index is 13.1. The van der Waals surface area contributed by atoms with Gasteiger partial charge in [-0.25, -0.2) is 4.18 Å². The molecule has 0 spiro atoms. The zero-order valence-electron chi connectivity index (χ0n) is 42.3. The van der Waals surface area contributed by atoms with Crippen molar-refractivity contribution >= 4 is 16.3 Å². The molecule has 1 fully saturated rings. The largest absolute Gasteiger partial charge is 0.397 e. The number of hydrogen-bond donors (Lipinski definition) is 6. The summed E-state index contributed by atoms with van der Waals surface area (Å²) >= 11 is 0. The van der Waals surface area contributed by atoms with Gasteiger partial charge in [0.25, 0.3) is 0 Å². The minimum Gasteiger partial charge on any atom is -0.394 e. The Kier molecular flexibility index (Phi) is 41.7. The Balaban J connectivity index is 2.34. The molecular formula is C53H103NO11S. The van der Waals surface area contributed by atoms with Gasteiger partial charge in [0.15, 0.2) is 6.29 Å². The van der Waals surface area contributed by atoms with Crippen molar-refractivity contribution in [3.8, 4) is 0 Å². The molecule has 12 nitrogen and oxygen atoms in total. The number of ether oxygens (including phenoxy) is 2. The van der Waals surface area contributed by atoms with Crippen LogP contribution in [0.2, 0.25) is 0 Å². The molecule has 1 amide bonds. The number of amides is 1. The molecule has 0 aromatic heterocycles. The number of rotatable bonds is 48. The van der Waals surface area contributed by atoms with E-state index in [2.05, 4.69) is 35.5 Å². The molecule has 7 atom stereocenters. The summed E-state index contributed by atoms with van der Waals surface area (Å²) in [6, 6.07) is -0.856. The summed E-state index contributed by atoms with van der Waals surface area (Å²) in [6.45, 7) is 3.48. The summed E-state index contributed by atoms with van der Waals surface area (Å²) in [5.41, 5.74) is 0. The third kappa shape index (κ3) is 35.9. The van der Waals surface area contributed by atoms with Crippen LogP contribution in [0.1, 0.15) is 264 Å². The Morgan fingerprint density at radius 1 is 0.591 bits per heavy atom. The van der Waals surface area contributed by atoms with Crippen LogP contribution < -0.4 is 5.32 Å². The van der Waals surface area contributed by atoms with Crippen molar-refractivity contribution in [3.63, 3.8) is 0 Å². The molecule has 0 saturated carbocycles. The van der Waals surface area contributed by atoms with Crippen LogP contribution in [0.4, 0.5) is 0 Å². The summed E-state index contributed by atoms with van der Waals surface area (Å²) in [7, 11) is -5.08. The Bertz CT molecular complexity index is 1220. The highest BCUT2D eigenvalue weighted by Crippen LogP contribution is 2.26. The van der Waals surface area contributed by atoms with Gasteiger partial charge in [-0.2, -0.15) is 8.42 Å². The lowest BCUT2D eigenvalue weighted by Crippen LogP contribution is -2.61. The Morgan fingerprint density at radius 3 is 1.36 bits per heavy atom. The van der Waals surface area contributed by atoms with E-state index >= 15 is 0 Å². The predicted molar refractivity (Wildman–Crippen MR) is 269 cm³/mol. The zero-order chi connectivity index (χ0) is 48.4. The van der Waals surface area contributed by atoms with Crippen LogP contribution in [0, 0.1) is 0 Å². The van der Waals surface area contributed by atoms with E-state index in [1.165, 1.54) is 186 Å². The first-order valence-corrected chi connectivity index (χ1v) is 28.9. The number of unbranched alkanes of at least 4 members (excludes halogenated alkanes) is 34. The van der Waals surface area contributed by atoms with Gasteiger partial charge in [0, 0.05) is 6.42 Å². The maximum absolute atomic E-state index is 13.1. The molecule has 1 saturated heterocycles. The fourth-order valence-electron chi connectivity index (χ4n) is 9.04. The van der Waals surface area contributed by atoms with E-state index in [1.807, 2.05) is 0 Å². The van der Waals surface area contributed by atoms with Gasteiger partial charge < -0.3 is 35.2 Å². The van der Waals surface area contributed by atoms with Gasteiger partial charge in [-0.05, 0) is 38.5 Å². The van der Waals surface area contributed by atoms with Crippen molar-refractivity contribution in [2.45, 2.75) is 307 Å².